The van der Waals surface area contributed by atoms with E-state index in [9.17, 15) is 0 Å². The van der Waals surface area contributed by atoms with Gasteiger partial charge in [0.15, 0.2) is 0 Å². The molecule has 0 aromatic heterocycles. The number of hydrazine groups is 1. The molecule has 3 nitrogen and oxygen atoms in total. The van der Waals surface area contributed by atoms with Crippen LogP contribution < -0.4 is 14.6 Å². The summed E-state index contributed by atoms with van der Waals surface area (Å²) in [4.78, 5) is 0. The first kappa shape index (κ1) is 28.7. The Labute approximate surface area is 264 Å². The van der Waals surface area contributed by atoms with E-state index in [1.54, 1.807) is 5.56 Å². The van der Waals surface area contributed by atoms with Crippen molar-refractivity contribution in [2.75, 3.05) is 12.0 Å². The molecule has 1 N–H and O–H groups in total. The van der Waals surface area contributed by atoms with Crippen molar-refractivity contribution >= 4 is 25.1 Å². The van der Waals surface area contributed by atoms with E-state index in [2.05, 4.69) is 127 Å². The van der Waals surface area contributed by atoms with Gasteiger partial charge in [0.1, 0.15) is 0 Å². The molecule has 7 rings (SSSR count). The third kappa shape index (κ3) is 6.29. The van der Waals surface area contributed by atoms with Crippen molar-refractivity contribution in [1.29, 1.82) is 0 Å². The SMILES string of the molecule is Cc1ccc(NN2C[C@]3(C)CC[C@@H]4c5ccc(OCc6ccccc6)cc5CC[C@H]4[C@@H]3C[C@H]2C[Se]c2ccccc2)cc1. The summed E-state index contributed by atoms with van der Waals surface area (Å²) >= 11 is 0.469. The normalized spacial score (nSPS) is 26.6. The molecule has 43 heavy (non-hydrogen) atoms. The molecule has 4 aromatic rings. The van der Waals surface area contributed by atoms with Crippen molar-refractivity contribution in [3.63, 3.8) is 0 Å². The molecule has 1 saturated heterocycles. The number of hydrogen-bond donors (Lipinski definition) is 1. The van der Waals surface area contributed by atoms with Crippen LogP contribution in [0.4, 0.5) is 5.69 Å². The summed E-state index contributed by atoms with van der Waals surface area (Å²) in [7, 11) is 0. The molecule has 1 aliphatic heterocycles. The van der Waals surface area contributed by atoms with Crippen molar-refractivity contribution in [2.24, 2.45) is 17.3 Å². The molecule has 222 valence electrons. The summed E-state index contributed by atoms with van der Waals surface area (Å²) in [6.45, 7) is 6.53. The molecule has 0 bridgehead atoms. The number of hydrogen-bond acceptors (Lipinski definition) is 3. The zero-order valence-corrected chi connectivity index (χ0v) is 27.3. The minimum absolute atomic E-state index is 0.339. The zero-order chi connectivity index (χ0) is 29.2. The van der Waals surface area contributed by atoms with E-state index < -0.39 is 0 Å². The first-order valence-electron chi connectivity index (χ1n) is 16.1. The number of nitrogens with one attached hydrogen (secondary N) is 1. The van der Waals surface area contributed by atoms with Crippen LogP contribution >= 0.6 is 0 Å². The van der Waals surface area contributed by atoms with Crippen LogP contribution in [0.1, 0.15) is 60.8 Å². The zero-order valence-electron chi connectivity index (χ0n) is 25.5. The topological polar surface area (TPSA) is 24.5 Å². The van der Waals surface area contributed by atoms with Gasteiger partial charge in [-0.15, -0.1) is 0 Å². The van der Waals surface area contributed by atoms with Crippen LogP contribution in [0.5, 0.6) is 5.75 Å². The molecule has 4 heteroatoms. The molecule has 1 heterocycles. The van der Waals surface area contributed by atoms with Crippen LogP contribution in [0.2, 0.25) is 5.32 Å². The number of rotatable bonds is 8. The second-order valence-corrected chi connectivity index (χ2v) is 15.7. The van der Waals surface area contributed by atoms with Crippen LogP contribution in [-0.4, -0.2) is 32.6 Å². The number of fused-ring (bicyclic) bond motifs is 5. The van der Waals surface area contributed by atoms with Gasteiger partial charge in [0.2, 0.25) is 0 Å². The summed E-state index contributed by atoms with van der Waals surface area (Å²) in [5, 5.41) is 3.89. The van der Waals surface area contributed by atoms with E-state index in [1.807, 2.05) is 0 Å². The Balaban J connectivity index is 1.10. The third-order valence-corrected chi connectivity index (χ3v) is 12.9. The van der Waals surface area contributed by atoms with Gasteiger partial charge in [0.25, 0.3) is 0 Å². The molecule has 0 spiro atoms. The van der Waals surface area contributed by atoms with Crippen LogP contribution in [0, 0.1) is 24.2 Å². The van der Waals surface area contributed by atoms with Gasteiger partial charge in [-0.05, 0) is 5.56 Å². The Kier molecular flexibility index (Phi) is 8.36. The first-order valence-corrected chi connectivity index (χ1v) is 18.2. The molecule has 0 unspecified atom stereocenters. The Hall–Kier alpha value is -3.04. The first-order chi connectivity index (χ1) is 21.0. The van der Waals surface area contributed by atoms with Crippen LogP contribution in [0.3, 0.4) is 0 Å². The van der Waals surface area contributed by atoms with Crippen molar-refractivity contribution in [3.8, 4) is 5.75 Å². The number of aryl methyl sites for hydroxylation is 2. The van der Waals surface area contributed by atoms with Crippen LogP contribution in [0.25, 0.3) is 0 Å². The van der Waals surface area contributed by atoms with Crippen molar-refractivity contribution < 1.29 is 4.74 Å². The van der Waals surface area contributed by atoms with E-state index in [0.29, 0.717) is 38.9 Å². The predicted molar refractivity (Wildman–Crippen MR) is 179 cm³/mol. The fourth-order valence-corrected chi connectivity index (χ4v) is 10.4. The van der Waals surface area contributed by atoms with Gasteiger partial charge in [-0.1, -0.05) is 30.3 Å². The number of piperidine rings is 1. The number of benzene rings is 4. The van der Waals surface area contributed by atoms with Crippen molar-refractivity contribution in [3.05, 3.63) is 125 Å². The summed E-state index contributed by atoms with van der Waals surface area (Å²) in [6.07, 6.45) is 6.37. The van der Waals surface area contributed by atoms with Gasteiger partial charge >= 0.3 is 229 Å². The summed E-state index contributed by atoms with van der Waals surface area (Å²) in [5.74, 6) is 3.24. The number of nitrogens with zero attached hydrogens (tertiary/aromatic N) is 1. The fourth-order valence-electron chi connectivity index (χ4n) is 8.17. The molecular formula is C39H44N2OSe. The molecule has 0 radical (unpaired) electrons. The van der Waals surface area contributed by atoms with Gasteiger partial charge in [0, 0.05) is 0 Å². The summed E-state index contributed by atoms with van der Waals surface area (Å²) in [6, 6.07) is 38.1. The van der Waals surface area contributed by atoms with Crippen molar-refractivity contribution in [1.82, 2.24) is 5.01 Å². The molecular weight excluding hydrogens is 591 g/mol. The van der Waals surface area contributed by atoms with Gasteiger partial charge in [-0.25, -0.2) is 0 Å². The van der Waals surface area contributed by atoms with Crippen molar-refractivity contribution in [2.45, 2.75) is 69.8 Å². The molecule has 2 fully saturated rings. The van der Waals surface area contributed by atoms with E-state index in [-0.39, 0.29) is 0 Å². The van der Waals surface area contributed by atoms with Crippen LogP contribution in [0.15, 0.2) is 103 Å². The standard InChI is InChI=1S/C39H44N2OSe/c1-28-13-16-31(17-14-28)40-41-27-39(2)22-21-36-35-20-18-33(42-25-29-9-5-3-6-10-29)23-30(35)15-19-37(36)38(39)24-32(41)26-43-34-11-7-4-8-12-34/h3-14,16-18,20,23,32,36-38,40H,15,19,21-22,24-27H2,1-2H3/t32-,36+,37+,38-,39-/m0/s1. The molecule has 0 amide bonds. The van der Waals surface area contributed by atoms with Gasteiger partial charge < -0.3 is 0 Å². The third-order valence-electron chi connectivity index (χ3n) is 10.5. The average Bonchev–Trinajstić information content (AvgIpc) is 3.04. The van der Waals surface area contributed by atoms with Gasteiger partial charge in [-0.3, -0.25) is 0 Å². The Morgan fingerprint density at radius 1 is 0.907 bits per heavy atom. The summed E-state index contributed by atoms with van der Waals surface area (Å²) < 4.78 is 7.74. The number of ether oxygens (including phenoxy) is 1. The maximum absolute atomic E-state index is 6.23. The average molecular weight is 636 g/mol. The van der Waals surface area contributed by atoms with E-state index >= 15 is 0 Å². The monoisotopic (exact) mass is 636 g/mol. The molecule has 3 aliphatic rings. The van der Waals surface area contributed by atoms with E-state index in [1.165, 1.54) is 64.3 Å². The second-order valence-electron chi connectivity index (χ2n) is 13.4. The van der Waals surface area contributed by atoms with Crippen LogP contribution in [-0.2, 0) is 13.0 Å². The Bertz CT molecular complexity index is 1510. The molecule has 1 saturated carbocycles. The van der Waals surface area contributed by atoms with E-state index in [0.717, 1.165) is 24.1 Å². The number of anilines is 1. The Morgan fingerprint density at radius 2 is 1.67 bits per heavy atom. The maximum atomic E-state index is 6.23. The predicted octanol–water partition coefficient (Wildman–Crippen LogP) is 8.19. The van der Waals surface area contributed by atoms with E-state index in [4.69, 9.17) is 4.74 Å². The quantitative estimate of drug-likeness (QED) is 0.198. The molecule has 5 atom stereocenters. The molecule has 4 aromatic carbocycles. The van der Waals surface area contributed by atoms with Gasteiger partial charge in [0.05, 0.1) is 0 Å². The second kappa shape index (κ2) is 12.5. The Morgan fingerprint density at radius 3 is 2.47 bits per heavy atom. The minimum atomic E-state index is 0.339. The van der Waals surface area contributed by atoms with Gasteiger partial charge in [-0.2, -0.15) is 0 Å². The fraction of sp³-hybridized carbons (Fsp3) is 0.385. The summed E-state index contributed by atoms with van der Waals surface area (Å²) in [5.41, 5.74) is 11.1. The molecule has 2 aliphatic carbocycles.